The minimum absolute atomic E-state index is 0.414. The van der Waals surface area contributed by atoms with Crippen LogP contribution in [0.2, 0.25) is 0 Å². The first-order chi connectivity index (χ1) is 35.5. The zero-order valence-corrected chi connectivity index (χ0v) is 46.5. The fourth-order valence-corrected chi connectivity index (χ4v) is 23.7. The Hall–Kier alpha value is -0.740. The fourth-order valence-electron chi connectivity index (χ4n) is 23.7. The van der Waals surface area contributed by atoms with Gasteiger partial charge in [-0.05, 0) is 264 Å². The molecule has 13 aliphatic rings. The Bertz CT molecular complexity index is 1640. The van der Waals surface area contributed by atoms with Crippen molar-refractivity contribution in [2.45, 2.75) is 319 Å². The van der Waals surface area contributed by atoms with Crippen molar-refractivity contribution in [2.75, 3.05) is 0 Å². The highest BCUT2D eigenvalue weighted by Gasteiger charge is 2.64. The fraction of sp³-hybridized carbons (Fsp3) is 0.971. The monoisotopic (exact) mass is 987 g/mol. The summed E-state index contributed by atoms with van der Waals surface area (Å²) < 4.78 is 0. The van der Waals surface area contributed by atoms with Crippen LogP contribution < -0.4 is 0 Å². The number of fused-ring (bicyclic) bond motifs is 7. The third-order valence-corrected chi connectivity index (χ3v) is 27.1. The van der Waals surface area contributed by atoms with Gasteiger partial charge in [-0.3, -0.25) is 19.4 Å². The molecule has 0 aromatic carbocycles. The Morgan fingerprint density at radius 1 is 0.236 bits per heavy atom. The maximum absolute atomic E-state index is 13.4. The summed E-state index contributed by atoms with van der Waals surface area (Å²) >= 11 is 0. The van der Waals surface area contributed by atoms with Crippen LogP contribution in [-0.4, -0.2) is 57.6 Å². The molecule has 4 heteroatoms. The maximum Gasteiger partial charge on any atom is 0.139 e. The van der Waals surface area contributed by atoms with Gasteiger partial charge in [-0.15, -0.1) is 0 Å². The molecule has 4 nitrogen and oxygen atoms in total. The first-order valence-electron chi connectivity index (χ1n) is 34.2. The van der Waals surface area contributed by atoms with Crippen LogP contribution in [0, 0.1) is 94.7 Å². The second-order valence-electron chi connectivity index (χ2n) is 30.0. The lowest BCUT2D eigenvalue weighted by molar-refractivity contribution is -0.130. The highest BCUT2D eigenvalue weighted by Crippen LogP contribution is 2.62. The van der Waals surface area contributed by atoms with Gasteiger partial charge < -0.3 is 0 Å². The van der Waals surface area contributed by atoms with E-state index in [0.29, 0.717) is 35.2 Å². The first kappa shape index (κ1) is 50.7. The van der Waals surface area contributed by atoms with Crippen LogP contribution in [0.3, 0.4) is 0 Å². The Morgan fingerprint density at radius 2 is 0.542 bits per heavy atom. The SMILES string of the molecule is O=C(C1CCCCC1)C1CCC(C2CCC(C3CCCC(N4C5CCCCC5C5C6C7CCCCC7N(C7CCCC(C8CCC(C9CCC(C(=O)C%10CCCCC%10)CC9)CC8)C7)C6CCC54)C3)CC2)CC1. The zero-order valence-electron chi connectivity index (χ0n) is 46.5. The minimum Gasteiger partial charge on any atom is -0.299 e. The highest BCUT2D eigenvalue weighted by molar-refractivity contribution is 5.84. The Morgan fingerprint density at radius 3 is 0.917 bits per heavy atom. The van der Waals surface area contributed by atoms with Gasteiger partial charge in [0.15, 0.2) is 0 Å². The van der Waals surface area contributed by atoms with Crippen LogP contribution in [-0.2, 0) is 9.59 Å². The number of ketones is 2. The minimum atomic E-state index is 0.414. The molecule has 0 radical (unpaired) electrons. The normalized spacial score (nSPS) is 48.2. The molecule has 0 bridgehead atoms. The summed E-state index contributed by atoms with van der Waals surface area (Å²) in [6.45, 7) is 0. The van der Waals surface area contributed by atoms with E-state index >= 15 is 0 Å². The van der Waals surface area contributed by atoms with Gasteiger partial charge in [0.05, 0.1) is 0 Å². The molecular formula is C68H110N2O2. The van der Waals surface area contributed by atoms with Crippen molar-refractivity contribution in [3.05, 3.63) is 0 Å². The molecule has 2 heterocycles. The molecule has 0 aromatic rings. The van der Waals surface area contributed by atoms with Crippen LogP contribution >= 0.6 is 0 Å². The lowest BCUT2D eigenvalue weighted by Gasteiger charge is -2.49. The van der Waals surface area contributed by atoms with Crippen LogP contribution in [0.25, 0.3) is 0 Å². The van der Waals surface area contributed by atoms with Crippen LogP contribution in [0.15, 0.2) is 0 Å². The van der Waals surface area contributed by atoms with Gasteiger partial charge >= 0.3 is 0 Å². The predicted molar refractivity (Wildman–Crippen MR) is 295 cm³/mol. The molecule has 11 saturated carbocycles. The predicted octanol–water partition coefficient (Wildman–Crippen LogP) is 17.1. The number of rotatable bonds is 10. The van der Waals surface area contributed by atoms with Crippen molar-refractivity contribution in [3.63, 3.8) is 0 Å². The largest absolute Gasteiger partial charge is 0.299 e. The van der Waals surface area contributed by atoms with E-state index < -0.39 is 0 Å². The molecule has 2 saturated heterocycles. The number of nitrogens with zero attached hydrogens (tertiary/aromatic N) is 2. The zero-order chi connectivity index (χ0) is 48.1. The number of hydrogen-bond donors (Lipinski definition) is 0. The summed E-state index contributed by atoms with van der Waals surface area (Å²) in [5.41, 5.74) is 0. The molecule has 404 valence electrons. The van der Waals surface area contributed by atoms with E-state index in [9.17, 15) is 9.59 Å². The number of carbonyl (C=O) groups is 2. The quantitative estimate of drug-likeness (QED) is 0.219. The van der Waals surface area contributed by atoms with Gasteiger partial charge in [0, 0.05) is 59.9 Å². The number of Topliss-reactive ketones (excluding diaryl/α,β-unsaturated/α-hetero) is 2. The van der Waals surface area contributed by atoms with Crippen LogP contribution in [0.4, 0.5) is 0 Å². The Balaban J connectivity index is 0.622. The van der Waals surface area contributed by atoms with E-state index in [0.717, 1.165) is 107 Å². The smallest absolute Gasteiger partial charge is 0.139 e. The van der Waals surface area contributed by atoms with E-state index in [1.807, 2.05) is 0 Å². The molecule has 0 aromatic heterocycles. The third-order valence-electron chi connectivity index (χ3n) is 27.1. The Labute approximate surface area is 442 Å². The van der Waals surface area contributed by atoms with E-state index in [-0.39, 0.29) is 0 Å². The van der Waals surface area contributed by atoms with Crippen molar-refractivity contribution in [3.8, 4) is 0 Å². The van der Waals surface area contributed by atoms with Gasteiger partial charge in [0.25, 0.3) is 0 Å². The van der Waals surface area contributed by atoms with Gasteiger partial charge in [-0.1, -0.05) is 89.9 Å². The topological polar surface area (TPSA) is 40.6 Å². The molecule has 2 aliphatic heterocycles. The molecule has 12 unspecified atom stereocenters. The summed E-state index contributed by atoms with van der Waals surface area (Å²) in [6, 6.07) is 5.41. The van der Waals surface area contributed by atoms with Gasteiger partial charge in [0.2, 0.25) is 0 Å². The maximum atomic E-state index is 13.4. The molecule has 72 heavy (non-hydrogen) atoms. The average molecular weight is 988 g/mol. The lowest BCUT2D eigenvalue weighted by Crippen LogP contribution is -2.53. The highest BCUT2D eigenvalue weighted by atomic mass is 16.1. The van der Waals surface area contributed by atoms with Crippen LogP contribution in [0.1, 0.15) is 283 Å². The Kier molecular flexibility index (Phi) is 16.2. The first-order valence-corrected chi connectivity index (χ1v) is 34.2. The van der Waals surface area contributed by atoms with E-state index in [1.165, 1.54) is 257 Å². The van der Waals surface area contributed by atoms with Crippen molar-refractivity contribution < 1.29 is 9.59 Å². The van der Waals surface area contributed by atoms with Gasteiger partial charge in [-0.2, -0.15) is 0 Å². The lowest BCUT2D eigenvalue weighted by atomic mass is 9.61. The standard InChI is InChI=1S/C68H110N2O2/c71-67(51-13-3-1-4-14-51)53-37-33-47(34-38-53)45-25-29-49(30-26-45)55-17-11-19-57(43-55)69-61-23-9-7-21-59(61)65-63(69)41-42-64-66(65)60-22-8-10-24-62(60)70(64)58-20-12-18-56(44-58)50-31-27-46(28-32-50)48-35-39-54(40-36-48)68(72)52-15-5-2-6-16-52/h45-66H,1-44H2. The van der Waals surface area contributed by atoms with E-state index in [2.05, 4.69) is 9.80 Å². The van der Waals surface area contributed by atoms with E-state index in [4.69, 9.17) is 0 Å². The van der Waals surface area contributed by atoms with Crippen molar-refractivity contribution in [2.24, 2.45) is 94.7 Å². The summed E-state index contributed by atoms with van der Waals surface area (Å²) in [5, 5.41) is 0. The molecule has 13 rings (SSSR count). The third kappa shape index (κ3) is 10.2. The van der Waals surface area contributed by atoms with Gasteiger partial charge in [0.1, 0.15) is 11.6 Å². The second-order valence-corrected chi connectivity index (χ2v) is 30.0. The van der Waals surface area contributed by atoms with Gasteiger partial charge in [-0.25, -0.2) is 0 Å². The molecular weight excluding hydrogens is 877 g/mol. The van der Waals surface area contributed by atoms with Crippen molar-refractivity contribution in [1.82, 2.24) is 9.80 Å². The average Bonchev–Trinajstić information content (AvgIpc) is 3.98. The number of hydrogen-bond acceptors (Lipinski definition) is 4. The molecule has 0 spiro atoms. The number of carbonyl (C=O) groups excluding carboxylic acids is 2. The molecule has 0 N–H and O–H groups in total. The summed E-state index contributed by atoms with van der Waals surface area (Å²) in [6.07, 6.45) is 62.7. The van der Waals surface area contributed by atoms with E-state index in [1.54, 1.807) is 25.7 Å². The molecule has 13 fully saturated rings. The molecule has 12 atom stereocenters. The van der Waals surface area contributed by atoms with Crippen molar-refractivity contribution >= 4 is 11.6 Å². The number of likely N-dealkylation sites (tertiary alicyclic amines) is 2. The summed E-state index contributed by atoms with van der Waals surface area (Å²) in [5.74, 6) is 14.8. The second kappa shape index (κ2) is 22.9. The van der Waals surface area contributed by atoms with Crippen molar-refractivity contribution in [1.29, 1.82) is 0 Å². The summed E-state index contributed by atoms with van der Waals surface area (Å²) in [7, 11) is 0. The molecule has 11 aliphatic carbocycles. The van der Waals surface area contributed by atoms with Crippen LogP contribution in [0.5, 0.6) is 0 Å². The summed E-state index contributed by atoms with van der Waals surface area (Å²) in [4.78, 5) is 33.7. The molecule has 0 amide bonds.